The van der Waals surface area contributed by atoms with Crippen molar-refractivity contribution in [2.75, 3.05) is 19.6 Å². The molecule has 15 heavy (non-hydrogen) atoms. The maximum Gasteiger partial charge on any atom is 0.0163 e. The SMILES string of the molecule is C=CCN(CCCCNC(C)C)C(C)C. The van der Waals surface area contributed by atoms with Crippen molar-refractivity contribution in [2.45, 2.75) is 52.6 Å². The fraction of sp³-hybridized carbons (Fsp3) is 0.846. The standard InChI is InChI=1S/C13H28N2/c1-6-10-15(13(4)5)11-8-7-9-14-12(2)3/h6,12-14H,1,7-11H2,2-5H3. The highest BCUT2D eigenvalue weighted by Crippen LogP contribution is 2.01. The Labute approximate surface area is 95.7 Å². The molecule has 0 aliphatic rings. The third-order valence-electron chi connectivity index (χ3n) is 2.52. The van der Waals surface area contributed by atoms with E-state index in [-0.39, 0.29) is 0 Å². The van der Waals surface area contributed by atoms with Crippen LogP contribution in [0, 0.1) is 0 Å². The average molecular weight is 212 g/mol. The lowest BCUT2D eigenvalue weighted by atomic mass is 10.2. The molecule has 0 aromatic carbocycles. The number of nitrogens with zero attached hydrogens (tertiary/aromatic N) is 1. The van der Waals surface area contributed by atoms with Gasteiger partial charge in [0.15, 0.2) is 0 Å². The van der Waals surface area contributed by atoms with Crippen molar-refractivity contribution in [1.82, 2.24) is 10.2 Å². The summed E-state index contributed by atoms with van der Waals surface area (Å²) in [6.45, 7) is 16.0. The van der Waals surface area contributed by atoms with Crippen LogP contribution in [0.1, 0.15) is 40.5 Å². The van der Waals surface area contributed by atoms with E-state index >= 15 is 0 Å². The minimum absolute atomic E-state index is 0.611. The van der Waals surface area contributed by atoms with Crippen LogP contribution in [0.2, 0.25) is 0 Å². The first-order valence-corrected chi connectivity index (χ1v) is 6.16. The lowest BCUT2D eigenvalue weighted by molar-refractivity contribution is 0.240. The summed E-state index contributed by atoms with van der Waals surface area (Å²) >= 11 is 0. The maximum atomic E-state index is 3.80. The van der Waals surface area contributed by atoms with Gasteiger partial charge in [-0.25, -0.2) is 0 Å². The highest BCUT2D eigenvalue weighted by atomic mass is 15.1. The number of rotatable bonds is 9. The Balaban J connectivity index is 3.49. The zero-order valence-corrected chi connectivity index (χ0v) is 10.9. The van der Waals surface area contributed by atoms with Gasteiger partial charge in [0.05, 0.1) is 0 Å². The van der Waals surface area contributed by atoms with Gasteiger partial charge in [-0.1, -0.05) is 19.9 Å². The fourth-order valence-corrected chi connectivity index (χ4v) is 1.56. The molecule has 0 saturated carbocycles. The largest absolute Gasteiger partial charge is 0.315 e. The predicted molar refractivity (Wildman–Crippen MR) is 69.3 cm³/mol. The summed E-state index contributed by atoms with van der Waals surface area (Å²) in [6, 6.07) is 1.24. The molecule has 2 nitrogen and oxygen atoms in total. The van der Waals surface area contributed by atoms with Gasteiger partial charge in [-0.2, -0.15) is 0 Å². The minimum Gasteiger partial charge on any atom is -0.315 e. The summed E-state index contributed by atoms with van der Waals surface area (Å²) in [5.74, 6) is 0. The van der Waals surface area contributed by atoms with Crippen molar-refractivity contribution >= 4 is 0 Å². The van der Waals surface area contributed by atoms with Crippen molar-refractivity contribution in [3.63, 3.8) is 0 Å². The van der Waals surface area contributed by atoms with Crippen LogP contribution in [-0.2, 0) is 0 Å². The molecule has 0 rings (SSSR count). The van der Waals surface area contributed by atoms with Crippen molar-refractivity contribution in [3.8, 4) is 0 Å². The molecule has 0 aliphatic carbocycles. The van der Waals surface area contributed by atoms with Crippen molar-refractivity contribution < 1.29 is 0 Å². The summed E-state index contributed by atoms with van der Waals surface area (Å²) in [4.78, 5) is 2.46. The lowest BCUT2D eigenvalue weighted by Gasteiger charge is -2.24. The monoisotopic (exact) mass is 212 g/mol. The van der Waals surface area contributed by atoms with E-state index in [9.17, 15) is 0 Å². The second kappa shape index (κ2) is 8.93. The molecule has 0 saturated heterocycles. The Morgan fingerprint density at radius 1 is 1.20 bits per heavy atom. The quantitative estimate of drug-likeness (QED) is 0.467. The molecule has 0 aromatic heterocycles. The first-order valence-electron chi connectivity index (χ1n) is 6.16. The molecular formula is C13H28N2. The molecular weight excluding hydrogens is 184 g/mol. The van der Waals surface area contributed by atoms with Gasteiger partial charge in [-0.05, 0) is 39.8 Å². The summed E-state index contributed by atoms with van der Waals surface area (Å²) in [5, 5.41) is 3.44. The van der Waals surface area contributed by atoms with Crippen LogP contribution in [0.3, 0.4) is 0 Å². The molecule has 0 bridgehead atoms. The van der Waals surface area contributed by atoms with Crippen LogP contribution in [0.5, 0.6) is 0 Å². The third kappa shape index (κ3) is 8.64. The molecule has 0 aliphatic heterocycles. The van der Waals surface area contributed by atoms with Gasteiger partial charge >= 0.3 is 0 Å². The van der Waals surface area contributed by atoms with E-state index < -0.39 is 0 Å². The molecule has 2 heteroatoms. The number of unbranched alkanes of at least 4 members (excludes halogenated alkanes) is 1. The molecule has 0 fully saturated rings. The number of nitrogens with one attached hydrogen (secondary N) is 1. The second-order valence-electron chi connectivity index (χ2n) is 4.69. The van der Waals surface area contributed by atoms with Crippen LogP contribution in [0.25, 0.3) is 0 Å². The maximum absolute atomic E-state index is 3.80. The van der Waals surface area contributed by atoms with E-state index in [1.165, 1.54) is 19.4 Å². The van der Waals surface area contributed by atoms with Crippen molar-refractivity contribution in [1.29, 1.82) is 0 Å². The van der Waals surface area contributed by atoms with Gasteiger partial charge in [-0.3, -0.25) is 4.90 Å². The van der Waals surface area contributed by atoms with Gasteiger partial charge in [0.1, 0.15) is 0 Å². The number of hydrogen-bond acceptors (Lipinski definition) is 2. The van der Waals surface area contributed by atoms with E-state index in [0.29, 0.717) is 12.1 Å². The molecule has 0 aromatic rings. The first-order chi connectivity index (χ1) is 7.07. The van der Waals surface area contributed by atoms with Crippen LogP contribution in [0.4, 0.5) is 0 Å². The number of hydrogen-bond donors (Lipinski definition) is 1. The first kappa shape index (κ1) is 14.7. The van der Waals surface area contributed by atoms with E-state index in [0.717, 1.165) is 13.1 Å². The zero-order chi connectivity index (χ0) is 11.7. The van der Waals surface area contributed by atoms with Crippen molar-refractivity contribution in [2.24, 2.45) is 0 Å². The van der Waals surface area contributed by atoms with E-state index in [1.807, 2.05) is 6.08 Å². The van der Waals surface area contributed by atoms with Crippen LogP contribution in [0.15, 0.2) is 12.7 Å². The van der Waals surface area contributed by atoms with E-state index in [4.69, 9.17) is 0 Å². The zero-order valence-electron chi connectivity index (χ0n) is 10.9. The highest BCUT2D eigenvalue weighted by Gasteiger charge is 2.06. The highest BCUT2D eigenvalue weighted by molar-refractivity contribution is 4.75. The second-order valence-corrected chi connectivity index (χ2v) is 4.69. The van der Waals surface area contributed by atoms with Gasteiger partial charge in [0, 0.05) is 18.6 Å². The summed E-state index contributed by atoms with van der Waals surface area (Å²) in [5.41, 5.74) is 0. The Hall–Kier alpha value is -0.340. The molecule has 0 unspecified atom stereocenters. The Morgan fingerprint density at radius 3 is 2.33 bits per heavy atom. The molecule has 0 heterocycles. The summed E-state index contributed by atoms with van der Waals surface area (Å²) in [7, 11) is 0. The fourth-order valence-electron chi connectivity index (χ4n) is 1.56. The van der Waals surface area contributed by atoms with Gasteiger partial charge in [0.2, 0.25) is 0 Å². The van der Waals surface area contributed by atoms with Crippen molar-refractivity contribution in [3.05, 3.63) is 12.7 Å². The molecule has 0 radical (unpaired) electrons. The normalized spacial score (nSPS) is 11.7. The van der Waals surface area contributed by atoms with Crippen LogP contribution < -0.4 is 5.32 Å². The Bertz CT molecular complexity index is 153. The molecule has 0 amide bonds. The van der Waals surface area contributed by atoms with Crippen LogP contribution in [-0.4, -0.2) is 36.6 Å². The van der Waals surface area contributed by atoms with E-state index in [2.05, 4.69) is 44.5 Å². The summed E-state index contributed by atoms with van der Waals surface area (Å²) in [6.07, 6.45) is 4.52. The predicted octanol–water partition coefficient (Wildman–Crippen LogP) is 2.66. The van der Waals surface area contributed by atoms with Gasteiger partial charge in [-0.15, -0.1) is 6.58 Å². The third-order valence-corrected chi connectivity index (χ3v) is 2.52. The molecule has 0 spiro atoms. The molecule has 0 atom stereocenters. The lowest BCUT2D eigenvalue weighted by Crippen LogP contribution is -2.32. The summed E-state index contributed by atoms with van der Waals surface area (Å²) < 4.78 is 0. The molecule has 1 N–H and O–H groups in total. The van der Waals surface area contributed by atoms with Gasteiger partial charge in [0.25, 0.3) is 0 Å². The smallest absolute Gasteiger partial charge is 0.0163 e. The minimum atomic E-state index is 0.611. The Kier molecular flexibility index (Phi) is 8.73. The Morgan fingerprint density at radius 2 is 1.87 bits per heavy atom. The van der Waals surface area contributed by atoms with Gasteiger partial charge < -0.3 is 5.32 Å². The average Bonchev–Trinajstić information content (AvgIpc) is 2.15. The van der Waals surface area contributed by atoms with Crippen LogP contribution >= 0.6 is 0 Å². The van der Waals surface area contributed by atoms with E-state index in [1.54, 1.807) is 0 Å². The topological polar surface area (TPSA) is 15.3 Å². The molecule has 90 valence electrons.